The molecule has 0 radical (unpaired) electrons. The first-order chi connectivity index (χ1) is 8.97. The van der Waals surface area contributed by atoms with Crippen LogP contribution in [0.2, 0.25) is 0 Å². The Kier molecular flexibility index (Phi) is 5.59. The van der Waals surface area contributed by atoms with Crippen molar-refractivity contribution in [1.29, 1.82) is 0 Å². The van der Waals surface area contributed by atoms with Crippen molar-refractivity contribution < 1.29 is 23.9 Å². The van der Waals surface area contributed by atoms with Crippen molar-refractivity contribution in [2.45, 2.75) is 26.3 Å². The van der Waals surface area contributed by atoms with E-state index in [1.54, 1.807) is 6.92 Å². The lowest BCUT2D eigenvalue weighted by molar-refractivity contribution is -0.149. The molecular weight excluding hydrogens is 252 g/mol. The summed E-state index contributed by atoms with van der Waals surface area (Å²) in [4.78, 5) is 35.9. The number of amides is 2. The first-order valence-electron chi connectivity index (χ1n) is 6.24. The first-order valence-corrected chi connectivity index (χ1v) is 6.24. The molecule has 1 fully saturated rings. The number of alkyl carbamates (subject to hydrolysis) is 1. The minimum atomic E-state index is -0.540. The van der Waals surface area contributed by atoms with Gasteiger partial charge in [0.1, 0.15) is 0 Å². The highest BCUT2D eigenvalue weighted by Crippen LogP contribution is 2.18. The monoisotopic (exact) mass is 272 g/mol. The van der Waals surface area contributed by atoms with Gasteiger partial charge in [0.2, 0.25) is 5.91 Å². The van der Waals surface area contributed by atoms with E-state index in [4.69, 9.17) is 9.47 Å². The smallest absolute Gasteiger partial charge is 0.407 e. The second-order valence-electron chi connectivity index (χ2n) is 4.44. The van der Waals surface area contributed by atoms with E-state index >= 15 is 0 Å². The highest BCUT2D eigenvalue weighted by molar-refractivity contribution is 5.77. The Labute approximate surface area is 112 Å². The molecular formula is C12H20N2O5. The van der Waals surface area contributed by atoms with E-state index in [0.717, 1.165) is 0 Å². The number of hydrogen-bond donors (Lipinski definition) is 1. The number of piperidine rings is 1. The number of methoxy groups -OCH3 is 1. The average molecular weight is 272 g/mol. The number of ether oxygens (including phenoxy) is 2. The summed E-state index contributed by atoms with van der Waals surface area (Å²) in [5.41, 5.74) is 0. The number of carbonyl (C=O) groups is 3. The van der Waals surface area contributed by atoms with Crippen LogP contribution in [-0.2, 0) is 19.1 Å². The highest BCUT2D eigenvalue weighted by Gasteiger charge is 2.34. The van der Waals surface area contributed by atoms with Gasteiger partial charge >= 0.3 is 12.1 Å². The van der Waals surface area contributed by atoms with Crippen molar-refractivity contribution in [3.8, 4) is 0 Å². The van der Waals surface area contributed by atoms with Crippen molar-refractivity contribution in [3.05, 3.63) is 0 Å². The molecule has 0 spiro atoms. The maximum Gasteiger partial charge on any atom is 0.407 e. The van der Waals surface area contributed by atoms with Gasteiger partial charge in [-0.15, -0.1) is 0 Å². The van der Waals surface area contributed by atoms with Gasteiger partial charge in [-0.3, -0.25) is 9.59 Å². The van der Waals surface area contributed by atoms with Crippen LogP contribution in [0.4, 0.5) is 4.79 Å². The zero-order valence-electron chi connectivity index (χ0n) is 11.5. The lowest BCUT2D eigenvalue weighted by atomic mass is 9.94. The molecule has 0 aliphatic carbocycles. The second kappa shape index (κ2) is 6.96. The van der Waals surface area contributed by atoms with Gasteiger partial charge < -0.3 is 19.7 Å². The average Bonchev–Trinajstić information content (AvgIpc) is 2.37. The van der Waals surface area contributed by atoms with Crippen LogP contribution in [0.1, 0.15) is 20.3 Å². The number of carbonyl (C=O) groups excluding carboxylic acids is 3. The lowest BCUT2D eigenvalue weighted by Gasteiger charge is -2.36. The molecule has 7 heteroatoms. The third-order valence-corrected chi connectivity index (χ3v) is 3.03. The van der Waals surface area contributed by atoms with E-state index in [9.17, 15) is 14.4 Å². The van der Waals surface area contributed by atoms with E-state index in [1.807, 2.05) is 0 Å². The summed E-state index contributed by atoms with van der Waals surface area (Å²) in [5.74, 6) is -0.930. The summed E-state index contributed by atoms with van der Waals surface area (Å²) < 4.78 is 9.49. The Morgan fingerprint density at radius 3 is 2.53 bits per heavy atom. The summed E-state index contributed by atoms with van der Waals surface area (Å²) in [5, 5.41) is 2.65. The maximum absolute atomic E-state index is 11.6. The molecule has 0 aromatic heterocycles. The molecule has 1 aliphatic heterocycles. The van der Waals surface area contributed by atoms with E-state index in [-0.39, 0.29) is 24.5 Å². The topological polar surface area (TPSA) is 84.9 Å². The Hall–Kier alpha value is -1.79. The molecule has 19 heavy (non-hydrogen) atoms. The largest absolute Gasteiger partial charge is 0.469 e. The third-order valence-electron chi connectivity index (χ3n) is 3.03. The van der Waals surface area contributed by atoms with Crippen molar-refractivity contribution in [1.82, 2.24) is 10.2 Å². The molecule has 2 amide bonds. The van der Waals surface area contributed by atoms with Crippen molar-refractivity contribution in [2.24, 2.45) is 5.92 Å². The molecule has 0 saturated carbocycles. The fraction of sp³-hybridized carbons (Fsp3) is 0.750. The number of likely N-dealkylation sites (tertiary alicyclic amines) is 1. The van der Waals surface area contributed by atoms with Crippen molar-refractivity contribution in [3.63, 3.8) is 0 Å². The van der Waals surface area contributed by atoms with E-state index < -0.39 is 12.0 Å². The predicted molar refractivity (Wildman–Crippen MR) is 66.3 cm³/mol. The summed E-state index contributed by atoms with van der Waals surface area (Å²) in [6.45, 7) is 4.11. The number of hydrogen-bond acceptors (Lipinski definition) is 5. The van der Waals surface area contributed by atoms with E-state index in [0.29, 0.717) is 19.5 Å². The molecule has 0 aromatic carbocycles. The van der Waals surface area contributed by atoms with Gasteiger partial charge in [-0.05, 0) is 13.3 Å². The van der Waals surface area contributed by atoms with Gasteiger partial charge in [0.05, 0.1) is 25.7 Å². The standard InChI is InChI=1S/C12H20N2O5/c1-4-19-12(17)13-10-5-9(11(16)18-3)6-14(7-10)8(2)15/h9-10H,4-7H2,1-3H3,(H,13,17). The first kappa shape index (κ1) is 15.3. The Bertz CT molecular complexity index is 358. The molecule has 7 nitrogen and oxygen atoms in total. The quantitative estimate of drug-likeness (QED) is 0.739. The van der Waals surface area contributed by atoms with E-state index in [1.165, 1.54) is 18.9 Å². The molecule has 108 valence electrons. The summed E-state index contributed by atoms with van der Waals surface area (Å²) in [7, 11) is 1.31. The maximum atomic E-state index is 11.6. The van der Waals surface area contributed by atoms with Crippen molar-refractivity contribution >= 4 is 18.0 Å². The fourth-order valence-electron chi connectivity index (χ4n) is 2.14. The van der Waals surface area contributed by atoms with Gasteiger partial charge in [-0.2, -0.15) is 0 Å². The van der Waals surface area contributed by atoms with Crippen LogP contribution in [0.15, 0.2) is 0 Å². The lowest BCUT2D eigenvalue weighted by Crippen LogP contribution is -2.53. The number of rotatable bonds is 3. The van der Waals surface area contributed by atoms with Gasteiger partial charge in [0.15, 0.2) is 0 Å². The van der Waals surface area contributed by atoms with Crippen LogP contribution >= 0.6 is 0 Å². The van der Waals surface area contributed by atoms with Gasteiger partial charge in [0.25, 0.3) is 0 Å². The molecule has 1 aliphatic rings. The van der Waals surface area contributed by atoms with Gasteiger partial charge in [-0.1, -0.05) is 0 Å². The van der Waals surface area contributed by atoms with Crippen LogP contribution in [0, 0.1) is 5.92 Å². The summed E-state index contributed by atoms with van der Waals surface area (Å²) >= 11 is 0. The fourth-order valence-corrected chi connectivity index (χ4v) is 2.14. The molecule has 1 N–H and O–H groups in total. The van der Waals surface area contributed by atoms with Gasteiger partial charge in [-0.25, -0.2) is 4.79 Å². The van der Waals surface area contributed by atoms with Crippen LogP contribution < -0.4 is 5.32 Å². The second-order valence-corrected chi connectivity index (χ2v) is 4.44. The number of esters is 1. The van der Waals surface area contributed by atoms with Crippen LogP contribution in [0.5, 0.6) is 0 Å². The summed E-state index contributed by atoms with van der Waals surface area (Å²) in [6, 6.07) is -0.305. The van der Waals surface area contributed by atoms with Gasteiger partial charge in [0, 0.05) is 20.0 Å². The minimum Gasteiger partial charge on any atom is -0.469 e. The zero-order chi connectivity index (χ0) is 14.4. The zero-order valence-corrected chi connectivity index (χ0v) is 11.5. The van der Waals surface area contributed by atoms with E-state index in [2.05, 4.69) is 5.32 Å². The van der Waals surface area contributed by atoms with Crippen LogP contribution in [0.25, 0.3) is 0 Å². The number of nitrogens with one attached hydrogen (secondary N) is 1. The molecule has 1 saturated heterocycles. The SMILES string of the molecule is CCOC(=O)NC1CC(C(=O)OC)CN(C(C)=O)C1. The molecule has 1 heterocycles. The Balaban J connectivity index is 2.67. The molecule has 1 rings (SSSR count). The summed E-state index contributed by atoms with van der Waals surface area (Å²) in [6.07, 6.45) is -0.101. The number of nitrogens with zero attached hydrogens (tertiary/aromatic N) is 1. The van der Waals surface area contributed by atoms with Crippen LogP contribution in [-0.4, -0.2) is 55.7 Å². The third kappa shape index (κ3) is 4.42. The highest BCUT2D eigenvalue weighted by atomic mass is 16.5. The van der Waals surface area contributed by atoms with Crippen molar-refractivity contribution in [2.75, 3.05) is 26.8 Å². The Morgan fingerprint density at radius 2 is 2.00 bits per heavy atom. The normalized spacial score (nSPS) is 22.6. The molecule has 2 unspecified atom stereocenters. The molecule has 0 bridgehead atoms. The molecule has 0 aromatic rings. The Morgan fingerprint density at radius 1 is 1.32 bits per heavy atom. The van der Waals surface area contributed by atoms with Crippen LogP contribution in [0.3, 0.4) is 0 Å². The minimum absolute atomic E-state index is 0.135. The molecule has 2 atom stereocenters. The predicted octanol–water partition coefficient (Wildman–Crippen LogP) is 0.143.